The molecule has 0 spiro atoms. The lowest BCUT2D eigenvalue weighted by atomic mass is 9.93. The van der Waals surface area contributed by atoms with E-state index in [0.29, 0.717) is 36.8 Å². The Bertz CT molecular complexity index is 1190. The first kappa shape index (κ1) is 22.1. The Balaban J connectivity index is 1.46. The average molecular weight is 462 g/mol. The molecule has 1 amide bonds. The number of ether oxygens (including phenoxy) is 1. The fourth-order valence-corrected chi connectivity index (χ4v) is 4.59. The first-order valence-electron chi connectivity index (χ1n) is 11.5. The highest BCUT2D eigenvalue weighted by molar-refractivity contribution is 5.78. The molecule has 2 aliphatic rings. The number of aromatic hydroxyl groups is 1. The fraction of sp³-hybridized carbons (Fsp3) is 0.360. The number of hydrogen-bond donors (Lipinski definition) is 2. The molecule has 2 N–H and O–H groups in total. The molecule has 0 saturated carbocycles. The first-order valence-corrected chi connectivity index (χ1v) is 11.5. The Labute approximate surface area is 197 Å². The number of nitrogens with zero attached hydrogens (tertiary/aromatic N) is 5. The Kier molecular flexibility index (Phi) is 6.27. The predicted octanol–water partition coefficient (Wildman–Crippen LogP) is 2.34. The van der Waals surface area contributed by atoms with Crippen molar-refractivity contribution in [2.24, 2.45) is 0 Å². The van der Waals surface area contributed by atoms with E-state index in [1.54, 1.807) is 29.2 Å². The van der Waals surface area contributed by atoms with Crippen molar-refractivity contribution in [1.29, 1.82) is 0 Å². The Hall–Kier alpha value is -3.72. The van der Waals surface area contributed by atoms with Crippen molar-refractivity contribution in [2.75, 3.05) is 37.7 Å². The third-order valence-corrected chi connectivity index (χ3v) is 6.31. The van der Waals surface area contributed by atoms with Gasteiger partial charge < -0.3 is 24.7 Å². The summed E-state index contributed by atoms with van der Waals surface area (Å²) >= 11 is 0. The molecule has 3 heterocycles. The molecule has 34 heavy (non-hydrogen) atoms. The van der Waals surface area contributed by atoms with Crippen molar-refractivity contribution >= 4 is 11.9 Å². The highest BCUT2D eigenvalue weighted by Gasteiger charge is 2.29. The Morgan fingerprint density at radius 3 is 2.71 bits per heavy atom. The molecule has 0 aliphatic carbocycles. The number of aliphatic hydroxyl groups is 1. The van der Waals surface area contributed by atoms with E-state index in [9.17, 15) is 15.0 Å². The smallest absolute Gasteiger partial charge is 0.321 e. The molecule has 1 aromatic heterocycles. The maximum absolute atomic E-state index is 11.9. The van der Waals surface area contributed by atoms with Crippen LogP contribution in [0.25, 0.3) is 11.4 Å². The molecular formula is C25H27N5O4. The van der Waals surface area contributed by atoms with E-state index in [2.05, 4.69) is 21.0 Å². The third-order valence-electron chi connectivity index (χ3n) is 6.31. The molecule has 0 bridgehead atoms. The van der Waals surface area contributed by atoms with Crippen molar-refractivity contribution in [3.05, 3.63) is 59.7 Å². The van der Waals surface area contributed by atoms with E-state index in [1.807, 2.05) is 23.1 Å². The van der Waals surface area contributed by atoms with E-state index in [1.165, 1.54) is 5.56 Å². The minimum Gasteiger partial charge on any atom is -0.508 e. The Morgan fingerprint density at radius 1 is 1.03 bits per heavy atom. The van der Waals surface area contributed by atoms with Gasteiger partial charge in [0.25, 0.3) is 0 Å². The quantitative estimate of drug-likeness (QED) is 0.552. The zero-order chi connectivity index (χ0) is 23.5. The van der Waals surface area contributed by atoms with Crippen LogP contribution in [0.2, 0.25) is 0 Å². The number of benzene rings is 2. The van der Waals surface area contributed by atoms with Crippen molar-refractivity contribution in [3.63, 3.8) is 0 Å². The summed E-state index contributed by atoms with van der Waals surface area (Å²) in [4.78, 5) is 29.3. The van der Waals surface area contributed by atoms with Gasteiger partial charge in [0, 0.05) is 25.1 Å². The van der Waals surface area contributed by atoms with Crippen molar-refractivity contribution in [2.45, 2.75) is 25.3 Å². The van der Waals surface area contributed by atoms with Crippen LogP contribution in [0.3, 0.4) is 0 Å². The maximum atomic E-state index is 11.9. The van der Waals surface area contributed by atoms with Gasteiger partial charge in [-0.1, -0.05) is 36.4 Å². The highest BCUT2D eigenvalue weighted by Crippen LogP contribution is 2.33. The van der Waals surface area contributed by atoms with Gasteiger partial charge >= 0.3 is 6.01 Å². The van der Waals surface area contributed by atoms with Crippen LogP contribution in [0, 0.1) is 0 Å². The number of hydrogen-bond acceptors (Lipinski definition) is 8. The van der Waals surface area contributed by atoms with Gasteiger partial charge in [0.05, 0.1) is 19.2 Å². The summed E-state index contributed by atoms with van der Waals surface area (Å²) in [6.07, 6.45) is 2.25. The maximum Gasteiger partial charge on any atom is 0.321 e. The van der Waals surface area contributed by atoms with Crippen LogP contribution in [0.4, 0.5) is 5.95 Å². The second kappa shape index (κ2) is 9.64. The lowest BCUT2D eigenvalue weighted by Gasteiger charge is -2.36. The number of phenols is 1. The number of anilines is 1. The molecular weight excluding hydrogens is 434 g/mol. The highest BCUT2D eigenvalue weighted by atomic mass is 16.5. The molecule has 1 atom stereocenters. The number of carbonyl (C=O) groups is 1. The third kappa shape index (κ3) is 4.51. The van der Waals surface area contributed by atoms with Crippen LogP contribution in [0.5, 0.6) is 11.8 Å². The number of aromatic nitrogens is 3. The number of fused-ring (bicyclic) bond motifs is 1. The largest absolute Gasteiger partial charge is 0.508 e. The van der Waals surface area contributed by atoms with Crippen LogP contribution in [0.1, 0.15) is 30.0 Å². The zero-order valence-corrected chi connectivity index (χ0v) is 18.8. The first-order chi connectivity index (χ1) is 16.6. The molecule has 176 valence electrons. The van der Waals surface area contributed by atoms with Crippen LogP contribution in [-0.2, 0) is 11.2 Å². The van der Waals surface area contributed by atoms with Gasteiger partial charge in [-0.05, 0) is 36.1 Å². The topological polar surface area (TPSA) is 112 Å². The second-order valence-electron chi connectivity index (χ2n) is 8.47. The fourth-order valence-electron chi connectivity index (χ4n) is 4.59. The summed E-state index contributed by atoms with van der Waals surface area (Å²) in [5.41, 5.74) is 2.87. The van der Waals surface area contributed by atoms with Gasteiger partial charge in [-0.15, -0.1) is 0 Å². The molecule has 3 aromatic rings. The summed E-state index contributed by atoms with van der Waals surface area (Å²) in [6.45, 7) is 2.02. The summed E-state index contributed by atoms with van der Waals surface area (Å²) in [5, 5.41) is 20.2. The standard InChI is InChI=1S/C25H27N5O4/c31-16-21-20-8-2-1-5-17(20)10-12-30(21)24-26-23(18-6-3-7-19(32)15-18)27-25(28-24)34-14-13-29-11-4-9-22(29)33/h1-3,5-8,15,21,31-32H,4,9-14,16H2. The molecule has 0 radical (unpaired) electrons. The van der Waals surface area contributed by atoms with E-state index in [-0.39, 0.29) is 36.9 Å². The molecule has 1 unspecified atom stereocenters. The van der Waals surface area contributed by atoms with Crippen molar-refractivity contribution in [3.8, 4) is 23.1 Å². The molecule has 9 nitrogen and oxygen atoms in total. The minimum atomic E-state index is -0.292. The Morgan fingerprint density at radius 2 is 1.91 bits per heavy atom. The second-order valence-corrected chi connectivity index (χ2v) is 8.47. The van der Waals surface area contributed by atoms with E-state index in [4.69, 9.17) is 4.74 Å². The predicted molar refractivity (Wildman–Crippen MR) is 126 cm³/mol. The average Bonchev–Trinajstić information content (AvgIpc) is 3.27. The van der Waals surface area contributed by atoms with E-state index in [0.717, 1.165) is 24.9 Å². The van der Waals surface area contributed by atoms with Gasteiger partial charge in [0.15, 0.2) is 5.82 Å². The molecule has 9 heteroatoms. The molecule has 2 aromatic carbocycles. The molecule has 5 rings (SSSR count). The number of carbonyl (C=O) groups excluding carboxylic acids is 1. The van der Waals surface area contributed by atoms with Crippen LogP contribution >= 0.6 is 0 Å². The van der Waals surface area contributed by atoms with Crippen LogP contribution < -0.4 is 9.64 Å². The molecule has 1 fully saturated rings. The van der Waals surface area contributed by atoms with Crippen LogP contribution in [0.15, 0.2) is 48.5 Å². The number of amides is 1. The summed E-state index contributed by atoms with van der Waals surface area (Å²) < 4.78 is 5.87. The number of aliphatic hydroxyl groups excluding tert-OH is 1. The van der Waals surface area contributed by atoms with Gasteiger partial charge in [-0.25, -0.2) is 0 Å². The van der Waals surface area contributed by atoms with Crippen molar-refractivity contribution < 1.29 is 19.7 Å². The van der Waals surface area contributed by atoms with Gasteiger partial charge in [0.1, 0.15) is 12.4 Å². The van der Waals surface area contributed by atoms with Crippen LogP contribution in [-0.4, -0.2) is 68.8 Å². The minimum absolute atomic E-state index is 0.0859. The van der Waals surface area contributed by atoms with E-state index >= 15 is 0 Å². The van der Waals surface area contributed by atoms with Gasteiger partial charge in [-0.2, -0.15) is 15.0 Å². The van der Waals surface area contributed by atoms with Gasteiger partial charge in [-0.3, -0.25) is 4.79 Å². The monoisotopic (exact) mass is 461 g/mol. The van der Waals surface area contributed by atoms with Crippen molar-refractivity contribution in [1.82, 2.24) is 19.9 Å². The zero-order valence-electron chi connectivity index (χ0n) is 18.8. The van der Waals surface area contributed by atoms with Gasteiger partial charge in [0.2, 0.25) is 11.9 Å². The normalized spacial score (nSPS) is 17.7. The number of rotatable bonds is 7. The summed E-state index contributed by atoms with van der Waals surface area (Å²) in [6, 6.07) is 14.6. The molecule has 1 saturated heterocycles. The summed E-state index contributed by atoms with van der Waals surface area (Å²) in [7, 11) is 0. The van der Waals surface area contributed by atoms with E-state index < -0.39 is 0 Å². The number of likely N-dealkylation sites (tertiary alicyclic amines) is 1. The SMILES string of the molecule is O=C1CCCN1CCOc1nc(-c2cccc(O)c2)nc(N2CCc3ccccc3C2CO)n1. The summed E-state index contributed by atoms with van der Waals surface area (Å²) in [5.74, 6) is 1.01. The molecule has 2 aliphatic heterocycles. The number of phenolic OH excluding ortho intramolecular Hbond substituents is 1. The lowest BCUT2D eigenvalue weighted by molar-refractivity contribution is -0.128. The lowest BCUT2D eigenvalue weighted by Crippen LogP contribution is -2.38.